The molecular formula is C30H45ClN4O6. The van der Waals surface area contributed by atoms with Crippen molar-refractivity contribution in [1.29, 1.82) is 0 Å². The topological polar surface area (TPSA) is 137 Å². The van der Waals surface area contributed by atoms with Crippen LogP contribution in [0.15, 0.2) is 24.3 Å². The van der Waals surface area contributed by atoms with Gasteiger partial charge in [0.1, 0.15) is 12.6 Å². The molecule has 4 N–H and O–H groups in total. The molecule has 2 unspecified atom stereocenters. The van der Waals surface area contributed by atoms with Crippen molar-refractivity contribution < 1.29 is 29.0 Å². The van der Waals surface area contributed by atoms with E-state index in [1.165, 1.54) is 0 Å². The van der Waals surface area contributed by atoms with E-state index in [0.29, 0.717) is 43.8 Å². The normalized spacial score (nSPS) is 20.0. The number of piperidine rings is 1. The fraction of sp³-hybridized carbons (Fsp3) is 0.667. The predicted molar refractivity (Wildman–Crippen MR) is 156 cm³/mol. The van der Waals surface area contributed by atoms with Crippen molar-refractivity contribution in [2.75, 3.05) is 26.3 Å². The second-order valence-corrected chi connectivity index (χ2v) is 13.0. The van der Waals surface area contributed by atoms with Gasteiger partial charge in [-0.05, 0) is 55.7 Å². The maximum Gasteiger partial charge on any atom is 0.407 e. The van der Waals surface area contributed by atoms with Gasteiger partial charge < -0.3 is 30.7 Å². The average Bonchev–Trinajstić information content (AvgIpc) is 3.20. The summed E-state index contributed by atoms with van der Waals surface area (Å²) in [6.07, 6.45) is 1.89. The molecule has 1 aromatic rings. The van der Waals surface area contributed by atoms with Crippen molar-refractivity contribution in [2.24, 2.45) is 11.8 Å². The van der Waals surface area contributed by atoms with Gasteiger partial charge in [-0.1, -0.05) is 51.4 Å². The molecule has 2 saturated heterocycles. The zero-order valence-electron chi connectivity index (χ0n) is 24.8. The summed E-state index contributed by atoms with van der Waals surface area (Å²) < 4.78 is 5.50. The van der Waals surface area contributed by atoms with Gasteiger partial charge in [-0.3, -0.25) is 14.4 Å². The van der Waals surface area contributed by atoms with Gasteiger partial charge in [-0.25, -0.2) is 4.79 Å². The highest BCUT2D eigenvalue weighted by molar-refractivity contribution is 6.30. The van der Waals surface area contributed by atoms with Crippen LogP contribution in [-0.4, -0.2) is 77.7 Å². The molecule has 2 aliphatic heterocycles. The summed E-state index contributed by atoms with van der Waals surface area (Å²) in [4.78, 5) is 52.3. The number of alkyl carbamates (subject to hydrolysis) is 1. The summed E-state index contributed by atoms with van der Waals surface area (Å²) in [6.45, 7) is 10.2. The Balaban J connectivity index is 1.56. The Hall–Kier alpha value is -2.85. The maximum absolute atomic E-state index is 13.2. The molecular weight excluding hydrogens is 548 g/mol. The SMILES string of the molecule is CC(=O)N1CCC2(CC1)CC(CC(CO)NC(=O)[C@H](CC(C)C)NC(=O)OCC(C)(C)c1cccc(Cl)c1)C(=O)N2. The smallest absolute Gasteiger partial charge is 0.407 e. The van der Waals surface area contributed by atoms with Crippen molar-refractivity contribution in [3.8, 4) is 0 Å². The van der Waals surface area contributed by atoms with Crippen molar-refractivity contribution in [1.82, 2.24) is 20.9 Å². The zero-order chi connectivity index (χ0) is 30.4. The van der Waals surface area contributed by atoms with Gasteiger partial charge in [0.15, 0.2) is 0 Å². The monoisotopic (exact) mass is 592 g/mol. The fourth-order valence-corrected chi connectivity index (χ4v) is 5.89. The molecule has 1 aromatic carbocycles. The van der Waals surface area contributed by atoms with Gasteiger partial charge in [-0.15, -0.1) is 0 Å². The second kappa shape index (κ2) is 13.9. The molecule has 41 heavy (non-hydrogen) atoms. The third-order valence-corrected chi connectivity index (χ3v) is 8.42. The summed E-state index contributed by atoms with van der Waals surface area (Å²) in [7, 11) is 0. The Morgan fingerprint density at radius 2 is 1.90 bits per heavy atom. The number of carbonyl (C=O) groups is 4. The molecule has 0 aliphatic carbocycles. The van der Waals surface area contributed by atoms with E-state index < -0.39 is 29.5 Å². The fourth-order valence-electron chi connectivity index (χ4n) is 5.70. The first-order valence-corrected chi connectivity index (χ1v) is 14.8. The molecule has 0 radical (unpaired) electrons. The van der Waals surface area contributed by atoms with Crippen LogP contribution in [0.4, 0.5) is 4.79 Å². The molecule has 4 amide bonds. The minimum atomic E-state index is -0.870. The first kappa shape index (κ1) is 32.7. The summed E-state index contributed by atoms with van der Waals surface area (Å²) >= 11 is 6.12. The van der Waals surface area contributed by atoms with Crippen LogP contribution in [-0.2, 0) is 24.5 Å². The van der Waals surface area contributed by atoms with Crippen molar-refractivity contribution in [3.63, 3.8) is 0 Å². The molecule has 2 heterocycles. The molecule has 228 valence electrons. The van der Waals surface area contributed by atoms with Gasteiger partial charge >= 0.3 is 6.09 Å². The Bertz CT molecular complexity index is 1100. The number of hydrogen-bond acceptors (Lipinski definition) is 6. The first-order valence-electron chi connectivity index (χ1n) is 14.4. The van der Waals surface area contributed by atoms with Gasteiger partial charge in [0.2, 0.25) is 17.7 Å². The lowest BCUT2D eigenvalue weighted by Gasteiger charge is -2.39. The minimum absolute atomic E-state index is 0.0297. The minimum Gasteiger partial charge on any atom is -0.449 e. The standard InChI is InChI=1S/C30H45ClN4O6/c1-19(2)13-25(33-28(40)41-18-29(4,5)22-7-6-8-23(31)15-22)27(39)32-24(17-36)14-21-16-30(34-26(21)38)9-11-35(12-10-30)20(3)37/h6-8,15,19,21,24-25,36H,9-14,16-18H2,1-5H3,(H,32,39)(H,33,40)(H,34,38)/t21?,24?,25-/m0/s1. The second-order valence-electron chi connectivity index (χ2n) is 12.6. The van der Waals surface area contributed by atoms with Crippen LogP contribution in [0.2, 0.25) is 5.02 Å². The number of rotatable bonds is 11. The lowest BCUT2D eigenvalue weighted by Crippen LogP contribution is -2.51. The molecule has 3 rings (SSSR count). The third-order valence-electron chi connectivity index (χ3n) is 8.18. The number of carbonyl (C=O) groups excluding carboxylic acids is 4. The summed E-state index contributed by atoms with van der Waals surface area (Å²) in [5, 5.41) is 19.3. The molecule has 2 fully saturated rings. The van der Waals surface area contributed by atoms with Gasteiger partial charge in [-0.2, -0.15) is 0 Å². The third kappa shape index (κ3) is 9.07. The molecule has 3 atom stereocenters. The molecule has 1 spiro atoms. The predicted octanol–water partition coefficient (Wildman–Crippen LogP) is 3.14. The van der Waals surface area contributed by atoms with Gasteiger partial charge in [0, 0.05) is 41.9 Å². The summed E-state index contributed by atoms with van der Waals surface area (Å²) in [5.41, 5.74) is 0.0616. The Kier molecular flexibility index (Phi) is 11.1. The number of benzene rings is 1. The molecule has 0 bridgehead atoms. The van der Waals surface area contributed by atoms with Crippen molar-refractivity contribution in [3.05, 3.63) is 34.9 Å². The Morgan fingerprint density at radius 1 is 1.22 bits per heavy atom. The van der Waals surface area contributed by atoms with Crippen LogP contribution < -0.4 is 16.0 Å². The quantitative estimate of drug-likeness (QED) is 0.312. The van der Waals surface area contributed by atoms with Gasteiger partial charge in [0.25, 0.3) is 0 Å². The number of likely N-dealkylation sites (tertiary alicyclic amines) is 1. The van der Waals surface area contributed by atoms with Crippen LogP contribution in [0, 0.1) is 11.8 Å². The van der Waals surface area contributed by atoms with E-state index in [2.05, 4.69) is 16.0 Å². The molecule has 11 heteroatoms. The number of nitrogens with one attached hydrogen (secondary N) is 3. The van der Waals surface area contributed by atoms with Crippen molar-refractivity contribution >= 4 is 35.4 Å². The van der Waals surface area contributed by atoms with E-state index in [1.807, 2.05) is 45.9 Å². The number of amides is 4. The number of aliphatic hydroxyl groups is 1. The Morgan fingerprint density at radius 3 is 2.49 bits per heavy atom. The molecule has 0 aromatic heterocycles. The van der Waals surface area contributed by atoms with E-state index >= 15 is 0 Å². The van der Waals surface area contributed by atoms with E-state index in [0.717, 1.165) is 5.56 Å². The lowest BCUT2D eigenvalue weighted by atomic mass is 9.82. The number of nitrogens with zero attached hydrogens (tertiary/aromatic N) is 1. The largest absolute Gasteiger partial charge is 0.449 e. The zero-order valence-corrected chi connectivity index (χ0v) is 25.6. The Labute approximate surface area is 247 Å². The average molecular weight is 593 g/mol. The highest BCUT2D eigenvalue weighted by Crippen LogP contribution is 2.36. The van der Waals surface area contributed by atoms with Crippen LogP contribution in [0.3, 0.4) is 0 Å². The van der Waals surface area contributed by atoms with E-state index in [-0.39, 0.29) is 48.8 Å². The number of ether oxygens (including phenoxy) is 1. The van der Waals surface area contributed by atoms with Crippen LogP contribution in [0.1, 0.15) is 72.3 Å². The maximum atomic E-state index is 13.2. The molecule has 10 nitrogen and oxygen atoms in total. The van der Waals surface area contributed by atoms with Crippen LogP contribution in [0.5, 0.6) is 0 Å². The van der Waals surface area contributed by atoms with E-state index in [9.17, 15) is 24.3 Å². The lowest BCUT2D eigenvalue weighted by molar-refractivity contribution is -0.130. The van der Waals surface area contributed by atoms with Crippen molar-refractivity contribution in [2.45, 2.75) is 89.8 Å². The van der Waals surface area contributed by atoms with E-state index in [4.69, 9.17) is 16.3 Å². The molecule has 0 saturated carbocycles. The highest BCUT2D eigenvalue weighted by atomic mass is 35.5. The number of aliphatic hydroxyl groups excluding tert-OH is 1. The molecule has 2 aliphatic rings. The summed E-state index contributed by atoms with van der Waals surface area (Å²) in [5.74, 6) is -0.778. The van der Waals surface area contributed by atoms with E-state index in [1.54, 1.807) is 17.9 Å². The summed E-state index contributed by atoms with van der Waals surface area (Å²) in [6, 6.07) is 5.84. The highest BCUT2D eigenvalue weighted by Gasteiger charge is 2.46. The van der Waals surface area contributed by atoms with Crippen LogP contribution >= 0.6 is 11.6 Å². The number of halogens is 1. The van der Waals surface area contributed by atoms with Crippen LogP contribution in [0.25, 0.3) is 0 Å². The first-order chi connectivity index (χ1) is 19.2. The van der Waals surface area contributed by atoms with Gasteiger partial charge in [0.05, 0.1) is 12.6 Å². The number of hydrogen-bond donors (Lipinski definition) is 4.